The highest BCUT2D eigenvalue weighted by molar-refractivity contribution is 7.89. The number of nitrogens with two attached hydrogens (primary N) is 1. The van der Waals surface area contributed by atoms with E-state index in [1.807, 2.05) is 0 Å². The number of benzene rings is 2. The molecule has 4 rings (SSSR count). The number of hydrogen-bond donors (Lipinski definition) is 1. The van der Waals surface area contributed by atoms with Crippen LogP contribution in [-0.4, -0.2) is 13.4 Å². The van der Waals surface area contributed by atoms with Crippen molar-refractivity contribution in [3.8, 4) is 0 Å². The third-order valence-electron chi connectivity index (χ3n) is 4.11. The molecule has 1 heterocycles. The summed E-state index contributed by atoms with van der Waals surface area (Å²) in [5.41, 5.74) is 2.09. The molecule has 0 unspecified atom stereocenters. The van der Waals surface area contributed by atoms with Gasteiger partial charge >= 0.3 is 0 Å². The van der Waals surface area contributed by atoms with Crippen LogP contribution in [0, 0.1) is 5.82 Å². The number of halogens is 1. The number of fused-ring (bicyclic) bond motifs is 1. The Hall–Kier alpha value is -2.25. The Morgan fingerprint density at radius 2 is 1.87 bits per heavy atom. The lowest BCUT2D eigenvalue weighted by molar-refractivity contribution is 0.526. The van der Waals surface area contributed by atoms with Gasteiger partial charge in [-0.1, -0.05) is 12.1 Å². The van der Waals surface area contributed by atoms with Crippen molar-refractivity contribution in [3.63, 3.8) is 0 Å². The molecule has 3 aromatic rings. The van der Waals surface area contributed by atoms with Crippen molar-refractivity contribution in [1.82, 2.24) is 4.98 Å². The zero-order chi connectivity index (χ0) is 16.2. The normalized spacial score (nSPS) is 20.8. The van der Waals surface area contributed by atoms with Crippen molar-refractivity contribution in [3.05, 3.63) is 59.7 Å². The van der Waals surface area contributed by atoms with Gasteiger partial charge in [-0.3, -0.25) is 0 Å². The van der Waals surface area contributed by atoms with E-state index in [-0.39, 0.29) is 22.5 Å². The molecule has 1 fully saturated rings. The Balaban J connectivity index is 1.59. The van der Waals surface area contributed by atoms with Crippen molar-refractivity contribution < 1.29 is 17.2 Å². The van der Waals surface area contributed by atoms with E-state index in [9.17, 15) is 12.8 Å². The first kappa shape index (κ1) is 14.3. The third kappa shape index (κ3) is 2.62. The summed E-state index contributed by atoms with van der Waals surface area (Å²) in [6.45, 7) is 0. The fraction of sp³-hybridized carbons (Fsp3) is 0.188. The molecular formula is C16H13FN2O3S. The minimum absolute atomic E-state index is 0.0933. The van der Waals surface area contributed by atoms with Crippen LogP contribution in [0.1, 0.15) is 29.7 Å². The Bertz CT molecular complexity index is 996. The zero-order valence-electron chi connectivity index (χ0n) is 11.9. The summed E-state index contributed by atoms with van der Waals surface area (Å²) in [7, 11) is -3.68. The van der Waals surface area contributed by atoms with E-state index in [4.69, 9.17) is 9.56 Å². The maximum atomic E-state index is 13.2. The van der Waals surface area contributed by atoms with Gasteiger partial charge in [0, 0.05) is 12.0 Å². The minimum atomic E-state index is -3.68. The smallest absolute Gasteiger partial charge is 0.238 e. The Kier molecular flexibility index (Phi) is 3.04. The lowest BCUT2D eigenvalue weighted by Gasteiger charge is -2.01. The highest BCUT2D eigenvalue weighted by Crippen LogP contribution is 2.54. The van der Waals surface area contributed by atoms with Crippen LogP contribution in [0.3, 0.4) is 0 Å². The van der Waals surface area contributed by atoms with Crippen molar-refractivity contribution in [2.45, 2.75) is 23.2 Å². The zero-order valence-corrected chi connectivity index (χ0v) is 12.8. The Morgan fingerprint density at radius 3 is 2.57 bits per heavy atom. The molecule has 1 aromatic heterocycles. The first-order valence-corrected chi connectivity index (χ1v) is 8.65. The predicted molar refractivity (Wildman–Crippen MR) is 81.9 cm³/mol. The van der Waals surface area contributed by atoms with Crippen LogP contribution in [0.2, 0.25) is 0 Å². The first-order chi connectivity index (χ1) is 10.9. The number of rotatable bonds is 3. The molecule has 23 heavy (non-hydrogen) atoms. The largest absolute Gasteiger partial charge is 0.440 e. The molecule has 118 valence electrons. The molecule has 2 aromatic carbocycles. The molecule has 0 aliphatic heterocycles. The number of primary sulfonamides is 1. The molecular weight excluding hydrogens is 319 g/mol. The lowest BCUT2D eigenvalue weighted by Crippen LogP contribution is -2.11. The third-order valence-corrected chi connectivity index (χ3v) is 5.04. The van der Waals surface area contributed by atoms with Crippen LogP contribution in [-0.2, 0) is 10.0 Å². The second kappa shape index (κ2) is 4.87. The molecule has 0 saturated heterocycles. The first-order valence-electron chi connectivity index (χ1n) is 7.10. The van der Waals surface area contributed by atoms with Crippen LogP contribution in [0.4, 0.5) is 4.39 Å². The van der Waals surface area contributed by atoms with Crippen LogP contribution >= 0.6 is 0 Å². The molecule has 0 spiro atoms. The van der Waals surface area contributed by atoms with Gasteiger partial charge < -0.3 is 4.42 Å². The average molecular weight is 332 g/mol. The lowest BCUT2D eigenvalue weighted by atomic mass is 10.1. The maximum Gasteiger partial charge on any atom is 0.238 e. The predicted octanol–water partition coefficient (Wildman–Crippen LogP) is 2.89. The summed E-state index contributed by atoms with van der Waals surface area (Å²) in [6.07, 6.45) is 0.865. The van der Waals surface area contributed by atoms with Gasteiger partial charge in [-0.05, 0) is 42.2 Å². The molecule has 1 aliphatic carbocycles. The van der Waals surface area contributed by atoms with E-state index in [2.05, 4.69) is 4.98 Å². The standard InChI is InChI=1S/C16H13FN2O3S/c17-10-3-6-14-15(7-10)22-16(19-14)13-8-12(13)9-1-4-11(5-2-9)23(18,20)21/h1-7,12-13H,8H2,(H2,18,20,21)/t12-,13+/m1/s1. The second-order valence-electron chi connectivity index (χ2n) is 5.73. The molecule has 0 amide bonds. The van der Waals surface area contributed by atoms with Gasteiger partial charge in [0.25, 0.3) is 0 Å². The summed E-state index contributed by atoms with van der Waals surface area (Å²) in [6, 6.07) is 10.8. The average Bonchev–Trinajstić information content (AvgIpc) is 3.19. The molecule has 7 heteroatoms. The summed E-state index contributed by atoms with van der Waals surface area (Å²) >= 11 is 0. The number of hydrogen-bond acceptors (Lipinski definition) is 4. The van der Waals surface area contributed by atoms with Gasteiger partial charge in [-0.15, -0.1) is 0 Å². The fourth-order valence-corrected chi connectivity index (χ4v) is 3.33. The molecule has 0 radical (unpaired) electrons. The van der Waals surface area contributed by atoms with Crippen LogP contribution in [0.25, 0.3) is 11.1 Å². The van der Waals surface area contributed by atoms with E-state index in [1.54, 1.807) is 18.2 Å². The van der Waals surface area contributed by atoms with Gasteiger partial charge in [0.05, 0.1) is 4.90 Å². The van der Waals surface area contributed by atoms with Gasteiger partial charge in [0.2, 0.25) is 10.0 Å². The molecule has 0 bridgehead atoms. The quantitative estimate of drug-likeness (QED) is 0.799. The Labute approximate surface area is 132 Å². The van der Waals surface area contributed by atoms with Crippen molar-refractivity contribution in [2.24, 2.45) is 5.14 Å². The summed E-state index contributed by atoms with van der Waals surface area (Å²) in [4.78, 5) is 4.49. The van der Waals surface area contributed by atoms with E-state index < -0.39 is 10.0 Å². The van der Waals surface area contributed by atoms with E-state index >= 15 is 0 Å². The van der Waals surface area contributed by atoms with Gasteiger partial charge in [0.1, 0.15) is 11.3 Å². The topological polar surface area (TPSA) is 86.2 Å². The van der Waals surface area contributed by atoms with Crippen LogP contribution in [0.5, 0.6) is 0 Å². The van der Waals surface area contributed by atoms with Gasteiger partial charge in [0.15, 0.2) is 11.5 Å². The Morgan fingerprint density at radius 1 is 1.13 bits per heavy atom. The van der Waals surface area contributed by atoms with Crippen LogP contribution in [0.15, 0.2) is 51.8 Å². The number of nitrogens with zero attached hydrogens (tertiary/aromatic N) is 1. The van der Waals surface area contributed by atoms with Crippen molar-refractivity contribution in [2.75, 3.05) is 0 Å². The van der Waals surface area contributed by atoms with E-state index in [0.717, 1.165) is 12.0 Å². The maximum absolute atomic E-state index is 13.2. The van der Waals surface area contributed by atoms with Gasteiger partial charge in [-0.25, -0.2) is 22.9 Å². The summed E-state index contributed by atoms with van der Waals surface area (Å²) in [5.74, 6) is 0.588. The van der Waals surface area contributed by atoms with Crippen LogP contribution < -0.4 is 5.14 Å². The highest BCUT2D eigenvalue weighted by Gasteiger charge is 2.43. The molecule has 2 atom stereocenters. The SMILES string of the molecule is NS(=O)(=O)c1ccc([C@H]2C[C@@H]2c2nc3ccc(F)cc3o2)cc1. The number of sulfonamides is 1. The molecule has 1 saturated carbocycles. The molecule has 5 nitrogen and oxygen atoms in total. The van der Waals surface area contributed by atoms with Gasteiger partial charge in [-0.2, -0.15) is 0 Å². The highest BCUT2D eigenvalue weighted by atomic mass is 32.2. The van der Waals surface area contributed by atoms with E-state index in [0.29, 0.717) is 17.0 Å². The monoisotopic (exact) mass is 332 g/mol. The molecule has 1 aliphatic rings. The van der Waals surface area contributed by atoms with Crippen molar-refractivity contribution in [1.29, 1.82) is 0 Å². The second-order valence-corrected chi connectivity index (χ2v) is 7.29. The van der Waals surface area contributed by atoms with E-state index in [1.165, 1.54) is 24.3 Å². The number of oxazole rings is 1. The van der Waals surface area contributed by atoms with Crippen molar-refractivity contribution >= 4 is 21.1 Å². The summed E-state index contributed by atoms with van der Waals surface area (Å²) < 4.78 is 41.4. The summed E-state index contributed by atoms with van der Waals surface area (Å²) in [5, 5.41) is 5.09. The minimum Gasteiger partial charge on any atom is -0.440 e. The fourth-order valence-electron chi connectivity index (χ4n) is 2.82. The number of aromatic nitrogens is 1. The molecule has 2 N–H and O–H groups in total.